The Morgan fingerprint density at radius 3 is 2.39 bits per heavy atom. The van der Waals surface area contributed by atoms with E-state index in [0.717, 1.165) is 43.2 Å². The number of rotatable bonds is 4. The molecule has 152 valence electrons. The summed E-state index contributed by atoms with van der Waals surface area (Å²) in [5.41, 5.74) is 1.94. The van der Waals surface area contributed by atoms with Gasteiger partial charge in [0.25, 0.3) is 0 Å². The number of thiazole rings is 1. The zero-order valence-electron chi connectivity index (χ0n) is 15.7. The number of piperazine rings is 1. The lowest BCUT2D eigenvalue weighted by Crippen LogP contribution is -2.43. The predicted molar refractivity (Wildman–Crippen MR) is 116 cm³/mol. The maximum atomic E-state index is 13.2. The lowest BCUT2D eigenvalue weighted by molar-refractivity contribution is 0.101. The summed E-state index contributed by atoms with van der Waals surface area (Å²) in [6.45, 7) is 6.69. The summed E-state index contributed by atoms with van der Waals surface area (Å²) in [6, 6.07) is 6.12. The van der Waals surface area contributed by atoms with Crippen molar-refractivity contribution in [1.82, 2.24) is 19.2 Å². The monoisotopic (exact) mass is 444 g/mol. The molecular formula is C19H23Cl2FN4OS. The summed E-state index contributed by atoms with van der Waals surface area (Å²) in [5, 5.41) is 0. The van der Waals surface area contributed by atoms with E-state index in [-0.39, 0.29) is 36.4 Å². The number of carbonyl (C=O) groups excluding carboxylic acids is 1. The van der Waals surface area contributed by atoms with Crippen molar-refractivity contribution in [3.05, 3.63) is 46.9 Å². The molecule has 0 saturated carbocycles. The maximum Gasteiger partial charge on any atom is 0.195 e. The standard InChI is InChI=1S/C19H21FN4OS.2ClH/c1-13(25)18-17(14-3-5-15(20)6-4-14)21-19-24(18)12-16(26-19)11-23-9-7-22(2)8-10-23;;/h3-6,12H,7-11H2,1-2H3;2*1H. The van der Waals surface area contributed by atoms with E-state index in [0.29, 0.717) is 11.4 Å². The van der Waals surface area contributed by atoms with E-state index in [2.05, 4.69) is 21.8 Å². The third kappa shape index (κ3) is 4.55. The van der Waals surface area contributed by atoms with Crippen molar-refractivity contribution in [2.24, 2.45) is 0 Å². The van der Waals surface area contributed by atoms with Gasteiger partial charge in [0.2, 0.25) is 0 Å². The Morgan fingerprint density at radius 1 is 1.14 bits per heavy atom. The average Bonchev–Trinajstić information content (AvgIpc) is 3.14. The Kier molecular flexibility index (Phi) is 7.59. The van der Waals surface area contributed by atoms with Gasteiger partial charge >= 0.3 is 0 Å². The number of ketones is 1. The van der Waals surface area contributed by atoms with Crippen LogP contribution < -0.4 is 0 Å². The van der Waals surface area contributed by atoms with E-state index in [1.807, 2.05) is 10.6 Å². The van der Waals surface area contributed by atoms with Gasteiger partial charge in [-0.05, 0) is 31.3 Å². The molecule has 0 radical (unpaired) electrons. The first-order valence-corrected chi connectivity index (χ1v) is 9.51. The molecule has 0 bridgehead atoms. The first kappa shape index (κ1) is 22.8. The van der Waals surface area contributed by atoms with Crippen molar-refractivity contribution in [3.8, 4) is 11.3 Å². The molecule has 3 heterocycles. The van der Waals surface area contributed by atoms with Crippen molar-refractivity contribution >= 4 is 46.9 Å². The Hall–Kier alpha value is -1.51. The number of nitrogens with zero attached hydrogens (tertiary/aromatic N) is 4. The van der Waals surface area contributed by atoms with Crippen LogP contribution in [0, 0.1) is 5.82 Å². The van der Waals surface area contributed by atoms with Crippen LogP contribution in [0.2, 0.25) is 0 Å². The van der Waals surface area contributed by atoms with Gasteiger partial charge in [0, 0.05) is 56.3 Å². The molecule has 1 aliphatic heterocycles. The molecular weight excluding hydrogens is 422 g/mol. The largest absolute Gasteiger partial charge is 0.304 e. The topological polar surface area (TPSA) is 40.9 Å². The van der Waals surface area contributed by atoms with Gasteiger partial charge in [0.1, 0.15) is 17.2 Å². The van der Waals surface area contributed by atoms with Crippen LogP contribution in [-0.4, -0.2) is 58.2 Å². The minimum atomic E-state index is -0.298. The summed E-state index contributed by atoms with van der Waals surface area (Å²) in [4.78, 5) is 23.7. The van der Waals surface area contributed by atoms with E-state index in [1.165, 1.54) is 17.0 Å². The van der Waals surface area contributed by atoms with Gasteiger partial charge < -0.3 is 4.90 Å². The summed E-state index contributed by atoms with van der Waals surface area (Å²) in [7, 11) is 2.15. The number of aromatic nitrogens is 2. The van der Waals surface area contributed by atoms with Crippen LogP contribution in [0.4, 0.5) is 4.39 Å². The summed E-state index contributed by atoms with van der Waals surface area (Å²) >= 11 is 1.61. The van der Waals surface area contributed by atoms with Gasteiger partial charge in [0.15, 0.2) is 10.7 Å². The molecule has 3 aromatic rings. The summed E-state index contributed by atoms with van der Waals surface area (Å²) < 4.78 is 15.1. The summed E-state index contributed by atoms with van der Waals surface area (Å²) in [5.74, 6) is -0.339. The molecule has 0 aliphatic carbocycles. The second-order valence-electron chi connectivity index (χ2n) is 6.80. The molecule has 4 rings (SSSR count). The van der Waals surface area contributed by atoms with Gasteiger partial charge in [0.05, 0.1) is 0 Å². The third-order valence-corrected chi connectivity index (χ3v) is 5.77. The van der Waals surface area contributed by atoms with E-state index in [9.17, 15) is 9.18 Å². The van der Waals surface area contributed by atoms with Crippen molar-refractivity contribution in [1.29, 1.82) is 0 Å². The number of benzene rings is 1. The molecule has 0 unspecified atom stereocenters. The Balaban J connectivity index is 0.00000140. The van der Waals surface area contributed by atoms with Crippen LogP contribution in [0.1, 0.15) is 22.3 Å². The van der Waals surface area contributed by atoms with E-state index in [1.54, 1.807) is 30.4 Å². The van der Waals surface area contributed by atoms with Crippen LogP contribution in [0.3, 0.4) is 0 Å². The number of hydrogen-bond donors (Lipinski definition) is 0. The molecule has 2 aromatic heterocycles. The second kappa shape index (κ2) is 9.33. The lowest BCUT2D eigenvalue weighted by Gasteiger charge is -2.31. The fourth-order valence-corrected chi connectivity index (χ4v) is 4.36. The number of halogens is 3. The first-order valence-electron chi connectivity index (χ1n) is 8.70. The molecule has 1 aliphatic rings. The molecule has 1 aromatic carbocycles. The predicted octanol–water partition coefficient (Wildman–Crippen LogP) is 4.00. The highest BCUT2D eigenvalue weighted by Gasteiger charge is 2.21. The maximum absolute atomic E-state index is 13.2. The number of carbonyl (C=O) groups is 1. The van der Waals surface area contributed by atoms with E-state index in [4.69, 9.17) is 0 Å². The number of Topliss-reactive ketones (excluding diaryl/α,β-unsaturated/α-hetero) is 1. The second-order valence-corrected chi connectivity index (χ2v) is 7.90. The molecule has 0 spiro atoms. The van der Waals surface area contributed by atoms with Crippen molar-refractivity contribution in [3.63, 3.8) is 0 Å². The Morgan fingerprint density at radius 2 is 1.79 bits per heavy atom. The van der Waals surface area contributed by atoms with Crippen molar-refractivity contribution < 1.29 is 9.18 Å². The van der Waals surface area contributed by atoms with Crippen LogP contribution in [0.25, 0.3) is 16.2 Å². The first-order chi connectivity index (χ1) is 12.5. The average molecular weight is 445 g/mol. The molecule has 1 fully saturated rings. The minimum Gasteiger partial charge on any atom is -0.304 e. The number of likely N-dealkylation sites (N-methyl/N-ethyl adjacent to an activating group) is 1. The lowest BCUT2D eigenvalue weighted by atomic mass is 10.1. The zero-order valence-corrected chi connectivity index (χ0v) is 18.2. The number of imidazole rings is 1. The molecule has 9 heteroatoms. The fraction of sp³-hybridized carbons (Fsp3) is 0.368. The van der Waals surface area contributed by atoms with Gasteiger partial charge in [-0.15, -0.1) is 24.8 Å². The highest BCUT2D eigenvalue weighted by atomic mass is 35.5. The third-order valence-electron chi connectivity index (χ3n) is 4.80. The smallest absolute Gasteiger partial charge is 0.195 e. The van der Waals surface area contributed by atoms with Crippen LogP contribution in [0.5, 0.6) is 0 Å². The highest BCUT2D eigenvalue weighted by molar-refractivity contribution is 7.17. The summed E-state index contributed by atoms with van der Waals surface area (Å²) in [6.07, 6.45) is 2.02. The highest BCUT2D eigenvalue weighted by Crippen LogP contribution is 2.29. The van der Waals surface area contributed by atoms with Crippen molar-refractivity contribution in [2.45, 2.75) is 13.5 Å². The van der Waals surface area contributed by atoms with Crippen LogP contribution in [0.15, 0.2) is 30.5 Å². The number of fused-ring (bicyclic) bond motifs is 1. The molecule has 0 atom stereocenters. The zero-order chi connectivity index (χ0) is 18.3. The normalized spacial score (nSPS) is 15.2. The molecule has 1 saturated heterocycles. The minimum absolute atomic E-state index is 0. The van der Waals surface area contributed by atoms with E-state index < -0.39 is 0 Å². The van der Waals surface area contributed by atoms with Crippen LogP contribution >= 0.6 is 36.2 Å². The SMILES string of the molecule is CC(=O)c1c(-c2ccc(F)cc2)nc2sc(CN3CCN(C)CC3)cn12.Cl.Cl. The molecule has 28 heavy (non-hydrogen) atoms. The van der Waals surface area contributed by atoms with Crippen LogP contribution in [-0.2, 0) is 6.54 Å². The molecule has 0 N–H and O–H groups in total. The Labute approximate surface area is 180 Å². The van der Waals surface area contributed by atoms with Gasteiger partial charge in [-0.25, -0.2) is 9.37 Å². The quantitative estimate of drug-likeness (QED) is 0.570. The fourth-order valence-electron chi connectivity index (χ4n) is 3.34. The number of hydrogen-bond acceptors (Lipinski definition) is 5. The Bertz CT molecular complexity index is 949. The van der Waals surface area contributed by atoms with Gasteiger partial charge in [-0.3, -0.25) is 14.1 Å². The van der Waals surface area contributed by atoms with Crippen molar-refractivity contribution in [2.75, 3.05) is 33.2 Å². The van der Waals surface area contributed by atoms with Gasteiger partial charge in [-0.2, -0.15) is 0 Å². The molecule has 5 nitrogen and oxygen atoms in total. The van der Waals surface area contributed by atoms with E-state index >= 15 is 0 Å². The molecule has 0 amide bonds. The van der Waals surface area contributed by atoms with Gasteiger partial charge in [-0.1, -0.05) is 11.3 Å².